The Kier molecular flexibility index (Phi) is 5.23. The summed E-state index contributed by atoms with van der Waals surface area (Å²) in [5, 5.41) is 3.40. The molecule has 3 N–H and O–H groups in total. The lowest BCUT2D eigenvalue weighted by atomic mass is 10.2. The highest BCUT2D eigenvalue weighted by atomic mass is 35.5. The molecule has 1 amide bonds. The van der Waals surface area contributed by atoms with E-state index in [9.17, 15) is 4.79 Å². The van der Waals surface area contributed by atoms with Gasteiger partial charge in [-0.15, -0.1) is 0 Å². The molecule has 1 aromatic carbocycles. The highest BCUT2D eigenvalue weighted by molar-refractivity contribution is 6.31. The van der Waals surface area contributed by atoms with E-state index in [1.807, 2.05) is 6.92 Å². The zero-order chi connectivity index (χ0) is 14.5. The molecule has 0 radical (unpaired) electrons. The van der Waals surface area contributed by atoms with E-state index in [1.54, 1.807) is 18.2 Å². The van der Waals surface area contributed by atoms with E-state index in [-0.39, 0.29) is 11.9 Å². The number of rotatable bonds is 3. The Morgan fingerprint density at radius 3 is 3.00 bits per heavy atom. The van der Waals surface area contributed by atoms with Crippen molar-refractivity contribution in [1.82, 2.24) is 4.90 Å². The molecular weight excluding hydrogens is 278 g/mol. The quantitative estimate of drug-likeness (QED) is 0.837. The predicted octanol–water partition coefficient (Wildman–Crippen LogP) is 1.97. The summed E-state index contributed by atoms with van der Waals surface area (Å²) in [6.45, 7) is 4.96. The van der Waals surface area contributed by atoms with Gasteiger partial charge in [0.15, 0.2) is 0 Å². The monoisotopic (exact) mass is 297 g/mol. The first-order valence-corrected chi connectivity index (χ1v) is 7.13. The molecule has 0 bridgehead atoms. The van der Waals surface area contributed by atoms with E-state index in [0.717, 1.165) is 26.1 Å². The van der Waals surface area contributed by atoms with Crippen LogP contribution in [0.4, 0.5) is 11.4 Å². The number of carbonyl (C=O) groups is 1. The Balaban J connectivity index is 1.99. The standard InChI is InChI=1S/C14H20ClN3O2/c1-10(18-5-2-7-20-8-6-18)14(19)17-13-4-3-11(15)9-12(13)16/h3-4,9-10H,2,5-8,16H2,1H3,(H,17,19). The van der Waals surface area contributed by atoms with E-state index in [0.29, 0.717) is 23.0 Å². The van der Waals surface area contributed by atoms with Crippen molar-refractivity contribution in [1.29, 1.82) is 0 Å². The number of benzene rings is 1. The van der Waals surface area contributed by atoms with Crippen LogP contribution < -0.4 is 11.1 Å². The molecule has 1 fully saturated rings. The fourth-order valence-electron chi connectivity index (χ4n) is 2.20. The van der Waals surface area contributed by atoms with Crippen LogP contribution in [0.5, 0.6) is 0 Å². The summed E-state index contributed by atoms with van der Waals surface area (Å²) in [4.78, 5) is 14.4. The molecule has 0 aliphatic carbocycles. The summed E-state index contributed by atoms with van der Waals surface area (Å²) in [7, 11) is 0. The number of amides is 1. The molecule has 2 rings (SSSR count). The minimum absolute atomic E-state index is 0.0686. The lowest BCUT2D eigenvalue weighted by Gasteiger charge is -2.26. The zero-order valence-corrected chi connectivity index (χ0v) is 12.3. The van der Waals surface area contributed by atoms with Crippen LogP contribution in [-0.2, 0) is 9.53 Å². The third-order valence-corrected chi connectivity index (χ3v) is 3.69. The fourth-order valence-corrected chi connectivity index (χ4v) is 2.38. The summed E-state index contributed by atoms with van der Waals surface area (Å²) in [5.74, 6) is -0.0686. The Hall–Kier alpha value is -1.30. The van der Waals surface area contributed by atoms with Crippen molar-refractivity contribution in [3.8, 4) is 0 Å². The topological polar surface area (TPSA) is 67.6 Å². The van der Waals surface area contributed by atoms with E-state index in [4.69, 9.17) is 22.1 Å². The van der Waals surface area contributed by atoms with Crippen LogP contribution in [0.2, 0.25) is 5.02 Å². The molecule has 6 heteroatoms. The van der Waals surface area contributed by atoms with Gasteiger partial charge in [-0.2, -0.15) is 0 Å². The van der Waals surface area contributed by atoms with Gasteiger partial charge >= 0.3 is 0 Å². The normalized spacial score (nSPS) is 18.3. The van der Waals surface area contributed by atoms with Crippen molar-refractivity contribution in [2.45, 2.75) is 19.4 Å². The van der Waals surface area contributed by atoms with Gasteiger partial charge in [0, 0.05) is 24.7 Å². The maximum absolute atomic E-state index is 12.3. The summed E-state index contributed by atoms with van der Waals surface area (Å²) >= 11 is 5.84. The maximum Gasteiger partial charge on any atom is 0.241 e. The Morgan fingerprint density at radius 2 is 2.25 bits per heavy atom. The second-order valence-corrected chi connectivity index (χ2v) is 5.34. The van der Waals surface area contributed by atoms with Crippen molar-refractivity contribution >= 4 is 28.9 Å². The van der Waals surface area contributed by atoms with Crippen LogP contribution in [0.15, 0.2) is 18.2 Å². The third kappa shape index (κ3) is 3.85. The summed E-state index contributed by atoms with van der Waals surface area (Å²) in [6, 6.07) is 4.83. The van der Waals surface area contributed by atoms with Crippen molar-refractivity contribution in [2.24, 2.45) is 0 Å². The molecule has 1 aliphatic heterocycles. The van der Waals surface area contributed by atoms with Crippen LogP contribution in [0.1, 0.15) is 13.3 Å². The molecule has 1 aromatic rings. The van der Waals surface area contributed by atoms with Gasteiger partial charge in [0.25, 0.3) is 0 Å². The maximum atomic E-state index is 12.3. The smallest absolute Gasteiger partial charge is 0.241 e. The van der Waals surface area contributed by atoms with Crippen molar-refractivity contribution < 1.29 is 9.53 Å². The third-order valence-electron chi connectivity index (χ3n) is 3.46. The predicted molar refractivity (Wildman–Crippen MR) is 81.0 cm³/mol. The van der Waals surface area contributed by atoms with Gasteiger partial charge in [-0.3, -0.25) is 9.69 Å². The molecule has 1 saturated heterocycles. The molecule has 1 atom stereocenters. The Bertz CT molecular complexity index is 473. The highest BCUT2D eigenvalue weighted by Crippen LogP contribution is 2.23. The second kappa shape index (κ2) is 6.92. The average molecular weight is 298 g/mol. The van der Waals surface area contributed by atoms with Crippen LogP contribution >= 0.6 is 11.6 Å². The number of nitrogen functional groups attached to an aromatic ring is 1. The first kappa shape index (κ1) is 15.1. The molecule has 110 valence electrons. The summed E-state index contributed by atoms with van der Waals surface area (Å²) in [6.07, 6.45) is 0.945. The first-order chi connectivity index (χ1) is 9.58. The van der Waals surface area contributed by atoms with E-state index >= 15 is 0 Å². The zero-order valence-electron chi connectivity index (χ0n) is 11.6. The number of nitrogens with one attached hydrogen (secondary N) is 1. The van der Waals surface area contributed by atoms with Gasteiger partial charge in [-0.05, 0) is 31.5 Å². The van der Waals surface area contributed by atoms with E-state index in [1.165, 1.54) is 0 Å². The largest absolute Gasteiger partial charge is 0.397 e. The number of hydrogen-bond donors (Lipinski definition) is 2. The van der Waals surface area contributed by atoms with E-state index < -0.39 is 0 Å². The van der Waals surface area contributed by atoms with Crippen LogP contribution in [-0.4, -0.2) is 43.2 Å². The van der Waals surface area contributed by atoms with Crippen molar-refractivity contribution in [3.63, 3.8) is 0 Å². The second-order valence-electron chi connectivity index (χ2n) is 4.90. The molecule has 0 spiro atoms. The molecule has 1 aliphatic rings. The number of carbonyl (C=O) groups excluding carboxylic acids is 1. The van der Waals surface area contributed by atoms with Gasteiger partial charge in [0.05, 0.1) is 24.0 Å². The lowest BCUT2D eigenvalue weighted by Crippen LogP contribution is -2.43. The SMILES string of the molecule is CC(C(=O)Nc1ccc(Cl)cc1N)N1CCCOCC1. The number of ether oxygens (including phenoxy) is 1. The van der Waals surface area contributed by atoms with Gasteiger partial charge in [0.2, 0.25) is 5.91 Å². The lowest BCUT2D eigenvalue weighted by molar-refractivity contribution is -0.120. The number of nitrogens with zero attached hydrogens (tertiary/aromatic N) is 1. The summed E-state index contributed by atoms with van der Waals surface area (Å²) < 4.78 is 5.40. The van der Waals surface area contributed by atoms with Crippen molar-refractivity contribution in [2.75, 3.05) is 37.4 Å². The van der Waals surface area contributed by atoms with Gasteiger partial charge < -0.3 is 15.8 Å². The minimum atomic E-state index is -0.216. The molecule has 0 aromatic heterocycles. The van der Waals surface area contributed by atoms with Gasteiger partial charge in [-0.1, -0.05) is 11.6 Å². The van der Waals surface area contributed by atoms with E-state index in [2.05, 4.69) is 10.2 Å². The summed E-state index contributed by atoms with van der Waals surface area (Å²) in [5.41, 5.74) is 6.90. The van der Waals surface area contributed by atoms with Crippen LogP contribution in [0.3, 0.4) is 0 Å². The van der Waals surface area contributed by atoms with Gasteiger partial charge in [-0.25, -0.2) is 0 Å². The highest BCUT2D eigenvalue weighted by Gasteiger charge is 2.22. The van der Waals surface area contributed by atoms with Crippen LogP contribution in [0, 0.1) is 0 Å². The average Bonchev–Trinajstić information content (AvgIpc) is 2.70. The Labute approximate surface area is 124 Å². The molecule has 20 heavy (non-hydrogen) atoms. The molecular formula is C14H20ClN3O2. The van der Waals surface area contributed by atoms with Crippen molar-refractivity contribution in [3.05, 3.63) is 23.2 Å². The number of anilines is 2. The van der Waals surface area contributed by atoms with Crippen LogP contribution in [0.25, 0.3) is 0 Å². The molecule has 1 unspecified atom stereocenters. The molecule has 0 saturated carbocycles. The molecule has 5 nitrogen and oxygen atoms in total. The number of halogens is 1. The fraction of sp³-hybridized carbons (Fsp3) is 0.500. The molecule has 1 heterocycles. The number of nitrogens with two attached hydrogens (primary N) is 1. The number of hydrogen-bond acceptors (Lipinski definition) is 4. The Morgan fingerprint density at radius 1 is 1.45 bits per heavy atom. The first-order valence-electron chi connectivity index (χ1n) is 6.75. The van der Waals surface area contributed by atoms with Gasteiger partial charge in [0.1, 0.15) is 0 Å². The minimum Gasteiger partial charge on any atom is -0.397 e.